The van der Waals surface area contributed by atoms with Gasteiger partial charge in [-0.3, -0.25) is 9.59 Å². The molecule has 0 radical (unpaired) electrons. The van der Waals surface area contributed by atoms with Crippen molar-refractivity contribution >= 4 is 17.7 Å². The molecule has 0 saturated carbocycles. The van der Waals surface area contributed by atoms with E-state index in [1.165, 1.54) is 33.3 Å². The Hall–Kier alpha value is -2.57. The lowest BCUT2D eigenvalue weighted by Crippen LogP contribution is -2.20. The maximum absolute atomic E-state index is 12.2. The minimum atomic E-state index is -0.987. The van der Waals surface area contributed by atoms with Crippen LogP contribution in [0.3, 0.4) is 0 Å². The van der Waals surface area contributed by atoms with Gasteiger partial charge < -0.3 is 18.9 Å². The third kappa shape index (κ3) is 3.97. The molecular weight excluding hydrogens is 292 g/mol. The minimum Gasteiger partial charge on any atom is -0.493 e. The molecule has 0 aliphatic rings. The molecule has 0 spiro atoms. The van der Waals surface area contributed by atoms with Gasteiger partial charge in [-0.05, 0) is 19.1 Å². The highest BCUT2D eigenvalue weighted by Crippen LogP contribution is 2.34. The summed E-state index contributed by atoms with van der Waals surface area (Å²) < 4.78 is 20.0. The van der Waals surface area contributed by atoms with E-state index in [0.29, 0.717) is 5.75 Å². The molecule has 7 nitrogen and oxygen atoms in total. The second-order valence-electron chi connectivity index (χ2n) is 4.16. The van der Waals surface area contributed by atoms with Crippen LogP contribution in [0.1, 0.15) is 29.8 Å². The van der Waals surface area contributed by atoms with Gasteiger partial charge in [-0.2, -0.15) is 0 Å². The zero-order valence-electron chi connectivity index (χ0n) is 12.9. The van der Waals surface area contributed by atoms with Crippen molar-refractivity contribution in [2.45, 2.75) is 20.5 Å². The van der Waals surface area contributed by atoms with E-state index in [-0.39, 0.29) is 30.1 Å². The van der Waals surface area contributed by atoms with Gasteiger partial charge in [0.1, 0.15) is 6.61 Å². The molecule has 1 aromatic carbocycles. The molecule has 0 aliphatic carbocycles. The number of methoxy groups -OCH3 is 2. The molecule has 0 aliphatic heterocycles. The Morgan fingerprint density at radius 2 is 1.73 bits per heavy atom. The van der Waals surface area contributed by atoms with Crippen LogP contribution in [0.2, 0.25) is 0 Å². The average Bonchev–Trinajstić information content (AvgIpc) is 2.51. The van der Waals surface area contributed by atoms with Crippen LogP contribution in [0.25, 0.3) is 0 Å². The first-order valence-electron chi connectivity index (χ1n) is 6.54. The van der Waals surface area contributed by atoms with Crippen LogP contribution >= 0.6 is 0 Å². The molecule has 0 fully saturated rings. The summed E-state index contributed by atoms with van der Waals surface area (Å²) in [6.07, 6.45) is 0. The fourth-order valence-corrected chi connectivity index (χ4v) is 1.83. The predicted octanol–water partition coefficient (Wildman–Crippen LogP) is 1.51. The topological polar surface area (TPSA) is 88.1 Å². The standard InChI is InChI=1S/C15H18O7/c1-5-21-15(18)13(17)10-6-7-12(19-3)14(20-4)11(10)8-22-9(2)16/h6-7H,5,8H2,1-4H3. The highest BCUT2D eigenvalue weighted by atomic mass is 16.5. The lowest BCUT2D eigenvalue weighted by atomic mass is 10.0. The van der Waals surface area contributed by atoms with Crippen LogP contribution in [-0.2, 0) is 25.7 Å². The van der Waals surface area contributed by atoms with Gasteiger partial charge in [0.2, 0.25) is 0 Å². The van der Waals surface area contributed by atoms with E-state index in [9.17, 15) is 14.4 Å². The Kier molecular flexibility index (Phi) is 6.37. The third-order valence-corrected chi connectivity index (χ3v) is 2.77. The van der Waals surface area contributed by atoms with E-state index < -0.39 is 17.7 Å². The summed E-state index contributed by atoms with van der Waals surface area (Å²) >= 11 is 0. The van der Waals surface area contributed by atoms with Crippen molar-refractivity contribution in [2.24, 2.45) is 0 Å². The van der Waals surface area contributed by atoms with E-state index in [1.807, 2.05) is 0 Å². The summed E-state index contributed by atoms with van der Waals surface area (Å²) in [5, 5.41) is 0. The molecule has 0 unspecified atom stereocenters. The summed E-state index contributed by atoms with van der Waals surface area (Å²) in [4.78, 5) is 34.8. The largest absolute Gasteiger partial charge is 0.493 e. The second-order valence-corrected chi connectivity index (χ2v) is 4.16. The summed E-state index contributed by atoms with van der Waals surface area (Å²) in [7, 11) is 2.81. The first-order valence-corrected chi connectivity index (χ1v) is 6.54. The van der Waals surface area contributed by atoms with Crippen molar-refractivity contribution in [3.05, 3.63) is 23.3 Å². The number of Topliss-reactive ketones (excluding diaryl/α,β-unsaturated/α-hetero) is 1. The highest BCUT2D eigenvalue weighted by Gasteiger charge is 2.25. The van der Waals surface area contributed by atoms with Crippen LogP contribution < -0.4 is 9.47 Å². The first kappa shape index (κ1) is 17.5. The summed E-state index contributed by atoms with van der Waals surface area (Å²) in [5.41, 5.74) is 0.285. The van der Waals surface area contributed by atoms with Crippen LogP contribution in [-0.4, -0.2) is 38.5 Å². The molecule has 0 heterocycles. The van der Waals surface area contributed by atoms with Gasteiger partial charge in [0, 0.05) is 18.1 Å². The number of hydrogen-bond donors (Lipinski definition) is 0. The number of carbonyl (C=O) groups is 3. The van der Waals surface area contributed by atoms with Gasteiger partial charge in [-0.25, -0.2) is 4.79 Å². The number of benzene rings is 1. The van der Waals surface area contributed by atoms with Gasteiger partial charge >= 0.3 is 11.9 Å². The molecular formula is C15H18O7. The Bertz CT molecular complexity index is 577. The molecule has 1 rings (SSSR count). The fraction of sp³-hybridized carbons (Fsp3) is 0.400. The Labute approximate surface area is 128 Å². The molecule has 22 heavy (non-hydrogen) atoms. The van der Waals surface area contributed by atoms with E-state index in [4.69, 9.17) is 18.9 Å². The lowest BCUT2D eigenvalue weighted by molar-refractivity contribution is -0.142. The molecule has 120 valence electrons. The zero-order valence-corrected chi connectivity index (χ0v) is 12.9. The summed E-state index contributed by atoms with van der Waals surface area (Å²) in [6, 6.07) is 2.89. The zero-order chi connectivity index (χ0) is 16.7. The highest BCUT2D eigenvalue weighted by molar-refractivity contribution is 6.41. The molecule has 0 atom stereocenters. The molecule has 0 amide bonds. The summed E-state index contributed by atoms with van der Waals surface area (Å²) in [5.74, 6) is -1.79. The number of ketones is 1. The molecule has 0 aromatic heterocycles. The van der Waals surface area contributed by atoms with Crippen molar-refractivity contribution in [2.75, 3.05) is 20.8 Å². The van der Waals surface area contributed by atoms with Crippen molar-refractivity contribution in [1.82, 2.24) is 0 Å². The lowest BCUT2D eigenvalue weighted by Gasteiger charge is -2.15. The van der Waals surface area contributed by atoms with Gasteiger partial charge in [0.25, 0.3) is 5.78 Å². The van der Waals surface area contributed by atoms with Crippen molar-refractivity contribution in [3.8, 4) is 11.5 Å². The smallest absolute Gasteiger partial charge is 0.379 e. The Morgan fingerprint density at radius 1 is 1.05 bits per heavy atom. The normalized spacial score (nSPS) is 9.82. The molecule has 1 aromatic rings. The molecule has 0 saturated heterocycles. The van der Waals surface area contributed by atoms with Crippen molar-refractivity contribution < 1.29 is 33.3 Å². The number of rotatable bonds is 7. The SMILES string of the molecule is CCOC(=O)C(=O)c1ccc(OC)c(OC)c1COC(C)=O. The van der Waals surface area contributed by atoms with E-state index in [1.54, 1.807) is 6.92 Å². The maximum atomic E-state index is 12.2. The van der Waals surface area contributed by atoms with E-state index in [2.05, 4.69) is 0 Å². The predicted molar refractivity (Wildman–Crippen MR) is 76.0 cm³/mol. The van der Waals surface area contributed by atoms with Gasteiger partial charge in [-0.15, -0.1) is 0 Å². The van der Waals surface area contributed by atoms with Crippen LogP contribution in [0, 0.1) is 0 Å². The molecule has 0 N–H and O–H groups in total. The number of esters is 2. The Balaban J connectivity index is 3.33. The van der Waals surface area contributed by atoms with Crippen LogP contribution in [0.5, 0.6) is 11.5 Å². The van der Waals surface area contributed by atoms with Crippen molar-refractivity contribution in [3.63, 3.8) is 0 Å². The number of hydrogen-bond acceptors (Lipinski definition) is 7. The average molecular weight is 310 g/mol. The number of carbonyl (C=O) groups excluding carboxylic acids is 3. The molecule has 0 bridgehead atoms. The fourth-order valence-electron chi connectivity index (χ4n) is 1.83. The van der Waals surface area contributed by atoms with E-state index in [0.717, 1.165) is 0 Å². The summed E-state index contributed by atoms with van der Waals surface area (Å²) in [6.45, 7) is 2.69. The van der Waals surface area contributed by atoms with Gasteiger partial charge in [0.05, 0.1) is 20.8 Å². The van der Waals surface area contributed by atoms with Gasteiger partial charge in [0.15, 0.2) is 11.5 Å². The third-order valence-electron chi connectivity index (χ3n) is 2.77. The second kappa shape index (κ2) is 8.02. The van der Waals surface area contributed by atoms with E-state index >= 15 is 0 Å². The molecule has 7 heteroatoms. The first-order chi connectivity index (χ1) is 10.5. The maximum Gasteiger partial charge on any atom is 0.379 e. The number of ether oxygens (including phenoxy) is 4. The van der Waals surface area contributed by atoms with Crippen molar-refractivity contribution in [1.29, 1.82) is 0 Å². The van der Waals surface area contributed by atoms with Gasteiger partial charge in [-0.1, -0.05) is 0 Å². The van der Waals surface area contributed by atoms with Crippen LogP contribution in [0.4, 0.5) is 0 Å². The van der Waals surface area contributed by atoms with Crippen LogP contribution in [0.15, 0.2) is 12.1 Å². The Morgan fingerprint density at radius 3 is 2.23 bits per heavy atom. The minimum absolute atomic E-state index is 0.0392. The monoisotopic (exact) mass is 310 g/mol. The quantitative estimate of drug-likeness (QED) is 0.428.